The molecule has 2 rings (SSSR count). The Balaban J connectivity index is 2.63. The van der Waals surface area contributed by atoms with E-state index >= 15 is 0 Å². The molecule has 1 N–H and O–H groups in total. The van der Waals surface area contributed by atoms with E-state index in [9.17, 15) is 42.6 Å². The van der Waals surface area contributed by atoms with E-state index in [-0.39, 0.29) is 6.61 Å². The van der Waals surface area contributed by atoms with Gasteiger partial charge in [-0.25, -0.2) is 4.79 Å². The lowest BCUT2D eigenvalue weighted by atomic mass is 10.1. The molecule has 0 bridgehead atoms. The zero-order chi connectivity index (χ0) is 25.1. The summed E-state index contributed by atoms with van der Waals surface area (Å²) >= 11 is 11.5. The van der Waals surface area contributed by atoms with E-state index in [1.54, 1.807) is 0 Å². The number of carbonyl (C=O) groups is 1. The molecule has 0 saturated heterocycles. The highest BCUT2D eigenvalue weighted by Gasteiger charge is 2.44. The van der Waals surface area contributed by atoms with E-state index in [1.165, 1.54) is 6.92 Å². The van der Waals surface area contributed by atoms with Gasteiger partial charge >= 0.3 is 29.9 Å². The van der Waals surface area contributed by atoms with Gasteiger partial charge in [0.25, 0.3) is 0 Å². The quantitative estimate of drug-likeness (QED) is 0.187. The predicted octanol–water partition coefficient (Wildman–Crippen LogP) is 5.97. The largest absolute Gasteiger partial charge is 0.462 e. The highest BCUT2D eigenvalue weighted by atomic mass is 35.5. The van der Waals surface area contributed by atoms with Crippen LogP contribution in [0.3, 0.4) is 0 Å². The summed E-state index contributed by atoms with van der Waals surface area (Å²) in [6, 6.07) is 2.92. The van der Waals surface area contributed by atoms with Crippen LogP contribution in [-0.4, -0.2) is 35.0 Å². The normalized spacial score (nSPS) is 11.3. The maximum Gasteiger partial charge on any atom is 0.461 e. The Morgan fingerprint density at radius 1 is 1.12 bits per heavy atom. The Bertz CT molecular complexity index is 1080. The van der Waals surface area contributed by atoms with Crippen molar-refractivity contribution in [1.29, 1.82) is 0 Å². The van der Waals surface area contributed by atoms with Gasteiger partial charge in [-0.15, -0.1) is 0 Å². The number of halogens is 6. The first kappa shape index (κ1) is 25.9. The molecule has 0 radical (unpaired) electrons. The van der Waals surface area contributed by atoms with E-state index in [0.717, 1.165) is 6.07 Å². The first-order valence-corrected chi connectivity index (χ1v) is 9.29. The number of benzene rings is 2. The van der Waals surface area contributed by atoms with Crippen molar-refractivity contribution in [2.24, 2.45) is 0 Å². The molecule has 10 nitrogen and oxygen atoms in total. The number of nitro groups is 2. The standard InChI is InChI=1S/C17H11Cl2F4N3O7/c1-2-32-15(27)7-3-10(25(28)29)14(11(4-7)26(30)31)24-8-5-9(18)13(19)12(6-8)33-17(22,23)16(20)21/h3-6,16,24H,2H2,1H3. The topological polar surface area (TPSA) is 134 Å². The van der Waals surface area contributed by atoms with Crippen molar-refractivity contribution in [3.05, 3.63) is 60.1 Å². The molecule has 0 heterocycles. The van der Waals surface area contributed by atoms with Crippen LogP contribution in [0.2, 0.25) is 10.0 Å². The van der Waals surface area contributed by atoms with Gasteiger partial charge in [-0.3, -0.25) is 20.2 Å². The lowest BCUT2D eigenvalue weighted by Gasteiger charge is -2.19. The second-order valence-electron chi connectivity index (χ2n) is 5.98. The zero-order valence-corrected chi connectivity index (χ0v) is 17.6. The predicted molar refractivity (Wildman–Crippen MR) is 107 cm³/mol. The molecular formula is C17H11Cl2F4N3O7. The number of hydrogen-bond donors (Lipinski definition) is 1. The van der Waals surface area contributed by atoms with Gasteiger partial charge < -0.3 is 14.8 Å². The summed E-state index contributed by atoms with van der Waals surface area (Å²) in [6.45, 7) is 1.33. The third kappa shape index (κ3) is 5.90. The number of esters is 1. The summed E-state index contributed by atoms with van der Waals surface area (Å²) in [7, 11) is 0. The number of anilines is 2. The van der Waals surface area contributed by atoms with Gasteiger partial charge in [-0.2, -0.15) is 17.6 Å². The van der Waals surface area contributed by atoms with Crippen molar-refractivity contribution in [2.45, 2.75) is 19.5 Å². The fourth-order valence-electron chi connectivity index (χ4n) is 2.41. The molecule has 0 fully saturated rings. The molecular weight excluding hydrogens is 505 g/mol. The molecule has 0 amide bonds. The Morgan fingerprint density at radius 3 is 2.12 bits per heavy atom. The van der Waals surface area contributed by atoms with Crippen LogP contribution in [0.5, 0.6) is 5.75 Å². The minimum atomic E-state index is -4.97. The molecule has 0 spiro atoms. The fourth-order valence-corrected chi connectivity index (χ4v) is 2.76. The van der Waals surface area contributed by atoms with Crippen LogP contribution < -0.4 is 10.1 Å². The van der Waals surface area contributed by atoms with Crippen molar-refractivity contribution < 1.29 is 41.7 Å². The highest BCUT2D eigenvalue weighted by Crippen LogP contribution is 2.43. The summed E-state index contributed by atoms with van der Waals surface area (Å²) in [6.07, 6.45) is -9.20. The van der Waals surface area contributed by atoms with Crippen LogP contribution in [0.15, 0.2) is 24.3 Å². The van der Waals surface area contributed by atoms with E-state index in [0.29, 0.717) is 18.2 Å². The van der Waals surface area contributed by atoms with Crippen molar-refractivity contribution in [3.63, 3.8) is 0 Å². The van der Waals surface area contributed by atoms with Gasteiger partial charge in [-0.1, -0.05) is 23.2 Å². The molecule has 0 unspecified atom stereocenters. The third-order valence-electron chi connectivity index (χ3n) is 3.77. The average Bonchev–Trinajstić information content (AvgIpc) is 2.71. The summed E-state index contributed by atoms with van der Waals surface area (Å²) in [5.74, 6) is -2.11. The Morgan fingerprint density at radius 2 is 1.67 bits per heavy atom. The van der Waals surface area contributed by atoms with E-state index in [2.05, 4.69) is 14.8 Å². The fraction of sp³-hybridized carbons (Fsp3) is 0.235. The van der Waals surface area contributed by atoms with Gasteiger partial charge in [-0.05, 0) is 13.0 Å². The molecule has 2 aromatic rings. The lowest BCUT2D eigenvalue weighted by molar-refractivity contribution is -0.392. The van der Waals surface area contributed by atoms with Crippen molar-refractivity contribution in [1.82, 2.24) is 0 Å². The van der Waals surface area contributed by atoms with Crippen LogP contribution in [0, 0.1) is 20.2 Å². The van der Waals surface area contributed by atoms with Gasteiger partial charge in [0.2, 0.25) is 0 Å². The van der Waals surface area contributed by atoms with Gasteiger partial charge in [0.1, 0.15) is 10.8 Å². The highest BCUT2D eigenvalue weighted by molar-refractivity contribution is 6.43. The number of nitrogens with zero attached hydrogens (tertiary/aromatic N) is 2. The summed E-state index contributed by atoms with van der Waals surface area (Å²) in [5.41, 5.74) is -3.62. The van der Waals surface area contributed by atoms with Crippen molar-refractivity contribution in [3.8, 4) is 5.75 Å². The minimum absolute atomic E-state index is 0.115. The number of carbonyl (C=O) groups excluding carboxylic acids is 1. The second kappa shape index (κ2) is 10.0. The third-order valence-corrected chi connectivity index (χ3v) is 4.55. The van der Waals surface area contributed by atoms with Gasteiger partial charge in [0.05, 0.1) is 27.0 Å². The number of nitro benzene ring substituents is 2. The van der Waals surface area contributed by atoms with Gasteiger partial charge in [0.15, 0.2) is 5.69 Å². The Labute approximate surface area is 191 Å². The smallest absolute Gasteiger partial charge is 0.461 e. The van der Waals surface area contributed by atoms with Gasteiger partial charge in [0, 0.05) is 23.9 Å². The number of rotatable bonds is 9. The zero-order valence-electron chi connectivity index (χ0n) is 16.1. The molecule has 0 aromatic heterocycles. The molecule has 16 heteroatoms. The molecule has 2 aromatic carbocycles. The molecule has 0 aliphatic rings. The van der Waals surface area contributed by atoms with Crippen molar-refractivity contribution in [2.75, 3.05) is 11.9 Å². The summed E-state index contributed by atoms with van der Waals surface area (Å²) in [5, 5.41) is 24.1. The minimum Gasteiger partial charge on any atom is -0.462 e. The summed E-state index contributed by atoms with van der Waals surface area (Å²) in [4.78, 5) is 32.8. The molecule has 0 aliphatic carbocycles. The number of alkyl halides is 4. The maximum atomic E-state index is 13.3. The SMILES string of the molecule is CCOC(=O)c1cc([N+](=O)[O-])c(Nc2cc(Cl)c(Cl)c(OC(F)(F)C(F)F)c2)c([N+](=O)[O-])c1. The van der Waals surface area contributed by atoms with E-state index in [4.69, 9.17) is 23.2 Å². The molecule has 33 heavy (non-hydrogen) atoms. The number of nitrogens with one attached hydrogen (secondary N) is 1. The molecule has 0 atom stereocenters. The Kier molecular flexibility index (Phi) is 7.87. The van der Waals surface area contributed by atoms with Crippen LogP contribution in [0.4, 0.5) is 40.3 Å². The van der Waals surface area contributed by atoms with Crippen LogP contribution in [0.25, 0.3) is 0 Å². The Hall–Kier alpha value is -3.39. The van der Waals surface area contributed by atoms with Crippen LogP contribution >= 0.6 is 23.2 Å². The lowest BCUT2D eigenvalue weighted by Crippen LogP contribution is -2.33. The second-order valence-corrected chi connectivity index (χ2v) is 6.77. The van der Waals surface area contributed by atoms with E-state index < -0.39 is 72.5 Å². The molecule has 0 aliphatic heterocycles. The average molecular weight is 516 g/mol. The molecule has 178 valence electrons. The number of ether oxygens (including phenoxy) is 2. The monoisotopic (exact) mass is 515 g/mol. The first-order valence-electron chi connectivity index (χ1n) is 8.53. The molecule has 0 saturated carbocycles. The van der Waals surface area contributed by atoms with Crippen molar-refractivity contribution >= 4 is 51.9 Å². The first-order chi connectivity index (χ1) is 15.3. The van der Waals surface area contributed by atoms with E-state index in [1.807, 2.05) is 0 Å². The maximum absolute atomic E-state index is 13.3. The van der Waals surface area contributed by atoms with Crippen LogP contribution in [0.1, 0.15) is 17.3 Å². The number of hydrogen-bond acceptors (Lipinski definition) is 8. The van der Waals surface area contributed by atoms with Crippen LogP contribution in [-0.2, 0) is 4.74 Å². The summed E-state index contributed by atoms with van der Waals surface area (Å²) < 4.78 is 60.1.